The van der Waals surface area contributed by atoms with E-state index in [-0.39, 0.29) is 5.41 Å². The van der Waals surface area contributed by atoms with Gasteiger partial charge >= 0.3 is 0 Å². The lowest BCUT2D eigenvalue weighted by Crippen LogP contribution is -2.32. The van der Waals surface area contributed by atoms with Crippen LogP contribution in [0.25, 0.3) is 33.4 Å². The first-order valence-electron chi connectivity index (χ1n) is 16.1. The molecule has 0 saturated carbocycles. The predicted octanol–water partition coefficient (Wildman–Crippen LogP) is 11.2. The summed E-state index contributed by atoms with van der Waals surface area (Å²) in [4.78, 5) is 0. The van der Waals surface area contributed by atoms with Crippen molar-refractivity contribution < 1.29 is 4.74 Å². The molecule has 0 bridgehead atoms. The van der Waals surface area contributed by atoms with Gasteiger partial charge in [0.05, 0.1) is 5.41 Å². The lowest BCUT2D eigenvalue weighted by Gasteiger charge is -2.40. The Bertz CT molecular complexity index is 2320. The Morgan fingerprint density at radius 3 is 1.63 bits per heavy atom. The predicted molar refractivity (Wildman–Crippen MR) is 187 cm³/mol. The van der Waals surface area contributed by atoms with Gasteiger partial charge in [-0.15, -0.1) is 0 Å². The van der Waals surface area contributed by atoms with Crippen molar-refractivity contribution in [1.82, 2.24) is 0 Å². The van der Waals surface area contributed by atoms with Gasteiger partial charge in [0.2, 0.25) is 0 Å². The van der Waals surface area contributed by atoms with Crippen LogP contribution in [0.5, 0.6) is 11.5 Å². The highest BCUT2D eigenvalue weighted by atomic mass is 16.5. The molecule has 1 heteroatoms. The van der Waals surface area contributed by atoms with Crippen LogP contribution >= 0.6 is 0 Å². The Morgan fingerprint density at radius 1 is 0.391 bits per heavy atom. The van der Waals surface area contributed by atoms with Gasteiger partial charge in [-0.2, -0.15) is 0 Å². The van der Waals surface area contributed by atoms with E-state index in [0.29, 0.717) is 0 Å². The van der Waals surface area contributed by atoms with Gasteiger partial charge in [-0.1, -0.05) is 146 Å². The zero-order valence-corrected chi connectivity index (χ0v) is 25.5. The van der Waals surface area contributed by atoms with E-state index in [0.717, 1.165) is 11.5 Å². The van der Waals surface area contributed by atoms with Crippen LogP contribution in [0.2, 0.25) is 0 Å². The van der Waals surface area contributed by atoms with Crippen molar-refractivity contribution in [3.63, 3.8) is 0 Å². The lowest BCUT2D eigenvalue weighted by molar-refractivity contribution is 0.437. The maximum absolute atomic E-state index is 6.80. The Morgan fingerprint density at radius 2 is 0.913 bits per heavy atom. The van der Waals surface area contributed by atoms with Crippen LogP contribution in [0.15, 0.2) is 164 Å². The first kappa shape index (κ1) is 25.6. The highest BCUT2D eigenvalue weighted by Crippen LogP contribution is 2.64. The topological polar surface area (TPSA) is 9.23 Å². The van der Waals surface area contributed by atoms with Crippen LogP contribution < -0.4 is 4.74 Å². The fourth-order valence-electron chi connectivity index (χ4n) is 8.91. The summed E-state index contributed by atoms with van der Waals surface area (Å²) in [5.41, 5.74) is 15.9. The Hall–Kier alpha value is -5.66. The molecule has 1 atom stereocenters. The first-order chi connectivity index (χ1) is 22.7. The quantitative estimate of drug-likeness (QED) is 0.196. The van der Waals surface area contributed by atoms with Gasteiger partial charge in [-0.05, 0) is 86.3 Å². The van der Waals surface area contributed by atoms with Crippen molar-refractivity contribution in [2.75, 3.05) is 0 Å². The van der Waals surface area contributed by atoms with E-state index < -0.39 is 5.41 Å². The summed E-state index contributed by atoms with van der Waals surface area (Å²) in [6.07, 6.45) is 0. The average molecular weight is 587 g/mol. The van der Waals surface area contributed by atoms with Crippen LogP contribution in [0.4, 0.5) is 0 Å². The highest BCUT2D eigenvalue weighted by molar-refractivity contribution is 5.93. The summed E-state index contributed by atoms with van der Waals surface area (Å²) in [6, 6.07) is 60.1. The van der Waals surface area contributed by atoms with Crippen LogP contribution in [0.1, 0.15) is 45.9 Å². The molecule has 0 amide bonds. The van der Waals surface area contributed by atoms with E-state index >= 15 is 0 Å². The smallest absolute Gasteiger partial charge is 0.132 e. The summed E-state index contributed by atoms with van der Waals surface area (Å²) in [5, 5.41) is 0. The van der Waals surface area contributed by atoms with E-state index in [1.165, 1.54) is 72.3 Å². The van der Waals surface area contributed by atoms with E-state index in [1.807, 2.05) is 0 Å². The standard InChI is InChI=1S/C45H30O/c1-44(30-14-3-2-4-15-30)36-20-8-5-18-34(36)35-28-29(26-27-37(35)44)31-19-13-25-42-43(31)45(40-23-11-12-24-41(40)46-42)38-21-9-6-16-32(38)33-17-7-10-22-39(33)45/h2-28H,1H3. The second-order valence-electron chi connectivity index (χ2n) is 12.9. The molecule has 0 radical (unpaired) electrons. The van der Waals surface area contributed by atoms with Crippen molar-refractivity contribution >= 4 is 0 Å². The van der Waals surface area contributed by atoms with Gasteiger partial charge in [0.15, 0.2) is 0 Å². The normalized spacial score (nSPS) is 17.2. The zero-order valence-electron chi connectivity index (χ0n) is 25.5. The number of fused-ring (bicyclic) bond motifs is 12. The molecule has 7 aromatic rings. The molecule has 1 nitrogen and oxygen atoms in total. The van der Waals surface area contributed by atoms with Crippen molar-refractivity contribution in [3.05, 3.63) is 203 Å². The molecule has 1 heterocycles. The fourth-order valence-corrected chi connectivity index (χ4v) is 8.91. The van der Waals surface area contributed by atoms with Crippen molar-refractivity contribution in [3.8, 4) is 44.9 Å². The number of ether oxygens (including phenoxy) is 1. The van der Waals surface area contributed by atoms with Crippen molar-refractivity contribution in [2.24, 2.45) is 0 Å². The van der Waals surface area contributed by atoms with Gasteiger partial charge in [0, 0.05) is 16.5 Å². The third-order valence-corrected chi connectivity index (χ3v) is 10.8. The van der Waals surface area contributed by atoms with Gasteiger partial charge < -0.3 is 4.74 Å². The van der Waals surface area contributed by atoms with E-state index in [4.69, 9.17) is 4.74 Å². The molecule has 216 valence electrons. The number of benzene rings is 7. The monoisotopic (exact) mass is 586 g/mol. The summed E-state index contributed by atoms with van der Waals surface area (Å²) in [7, 11) is 0. The summed E-state index contributed by atoms with van der Waals surface area (Å²) in [5.74, 6) is 1.83. The lowest BCUT2D eigenvalue weighted by atomic mass is 9.64. The Balaban J connectivity index is 1.28. The van der Waals surface area contributed by atoms with Gasteiger partial charge in [-0.25, -0.2) is 0 Å². The van der Waals surface area contributed by atoms with Crippen LogP contribution in [0.3, 0.4) is 0 Å². The van der Waals surface area contributed by atoms with Crippen LogP contribution in [-0.2, 0) is 10.8 Å². The second-order valence-corrected chi connectivity index (χ2v) is 12.9. The Labute approximate surface area is 269 Å². The van der Waals surface area contributed by atoms with E-state index in [9.17, 15) is 0 Å². The van der Waals surface area contributed by atoms with Crippen LogP contribution in [0, 0.1) is 0 Å². The van der Waals surface area contributed by atoms with Gasteiger partial charge in [0.1, 0.15) is 11.5 Å². The molecular weight excluding hydrogens is 556 g/mol. The molecule has 10 rings (SSSR count). The Kier molecular flexibility index (Phi) is 5.12. The third kappa shape index (κ3) is 3.10. The minimum atomic E-state index is -0.510. The molecule has 2 aliphatic carbocycles. The van der Waals surface area contributed by atoms with Crippen LogP contribution in [-0.4, -0.2) is 0 Å². The molecule has 1 aliphatic heterocycles. The maximum Gasteiger partial charge on any atom is 0.132 e. The number of para-hydroxylation sites is 1. The fraction of sp³-hybridized carbons (Fsp3) is 0.0667. The minimum absolute atomic E-state index is 0.228. The highest BCUT2D eigenvalue weighted by Gasteiger charge is 2.52. The molecule has 7 aromatic carbocycles. The molecule has 1 unspecified atom stereocenters. The minimum Gasteiger partial charge on any atom is -0.457 e. The number of hydrogen-bond donors (Lipinski definition) is 0. The van der Waals surface area contributed by atoms with Gasteiger partial charge in [0.25, 0.3) is 0 Å². The molecule has 1 spiro atoms. The number of hydrogen-bond acceptors (Lipinski definition) is 1. The first-order valence-corrected chi connectivity index (χ1v) is 16.1. The maximum atomic E-state index is 6.80. The summed E-state index contributed by atoms with van der Waals surface area (Å²) < 4.78 is 6.80. The largest absolute Gasteiger partial charge is 0.457 e. The summed E-state index contributed by atoms with van der Waals surface area (Å²) in [6.45, 7) is 2.38. The average Bonchev–Trinajstić information content (AvgIpc) is 3.56. The van der Waals surface area contributed by atoms with E-state index in [2.05, 4.69) is 171 Å². The molecule has 0 saturated heterocycles. The molecule has 0 aromatic heterocycles. The summed E-state index contributed by atoms with van der Waals surface area (Å²) >= 11 is 0. The van der Waals surface area contributed by atoms with Crippen molar-refractivity contribution in [2.45, 2.75) is 17.8 Å². The van der Waals surface area contributed by atoms with E-state index in [1.54, 1.807) is 0 Å². The number of rotatable bonds is 2. The second kappa shape index (κ2) is 9.19. The molecule has 46 heavy (non-hydrogen) atoms. The molecule has 0 fully saturated rings. The molecular formula is C45H30O. The zero-order chi connectivity index (χ0) is 30.5. The van der Waals surface area contributed by atoms with Gasteiger partial charge in [-0.3, -0.25) is 0 Å². The SMILES string of the molecule is CC1(c2ccccc2)c2ccccc2-c2cc(-c3cccc4c3C3(c5ccccc5O4)c4ccccc4-c4ccccc43)ccc21. The van der Waals surface area contributed by atoms with Crippen molar-refractivity contribution in [1.29, 1.82) is 0 Å². The molecule has 3 aliphatic rings. The molecule has 0 N–H and O–H groups in total. The third-order valence-electron chi connectivity index (χ3n) is 10.8.